The van der Waals surface area contributed by atoms with E-state index < -0.39 is 11.9 Å². The van der Waals surface area contributed by atoms with Crippen molar-refractivity contribution in [1.29, 1.82) is 0 Å². The van der Waals surface area contributed by atoms with Gasteiger partial charge in [-0.1, -0.05) is 13.3 Å². The second kappa shape index (κ2) is 7.73. The molecule has 0 spiro atoms. The third kappa shape index (κ3) is 5.38. The number of ether oxygens (including phenoxy) is 2. The zero-order chi connectivity index (χ0) is 12.6. The van der Waals surface area contributed by atoms with Crippen molar-refractivity contribution >= 4 is 11.9 Å². The third-order valence-electron chi connectivity index (χ3n) is 2.04. The van der Waals surface area contributed by atoms with Gasteiger partial charge < -0.3 is 14.6 Å². The molecule has 16 heavy (non-hydrogen) atoms. The first kappa shape index (κ1) is 14.5. The van der Waals surface area contributed by atoms with Gasteiger partial charge in [-0.05, 0) is 13.3 Å². The van der Waals surface area contributed by atoms with Crippen LogP contribution >= 0.6 is 0 Å². The summed E-state index contributed by atoms with van der Waals surface area (Å²) in [7, 11) is 1.39. The summed E-state index contributed by atoms with van der Waals surface area (Å²) in [5, 5.41) is 8.65. The van der Waals surface area contributed by atoms with E-state index in [1.807, 2.05) is 6.92 Å². The normalized spacial score (nSPS) is 11.7. The Balaban J connectivity index is 4.52. The number of hydrogen-bond acceptors (Lipinski definition) is 4. The molecule has 1 N–H and O–H groups in total. The van der Waals surface area contributed by atoms with E-state index in [-0.39, 0.29) is 17.8 Å². The number of esters is 1. The zero-order valence-electron chi connectivity index (χ0n) is 9.91. The average Bonchev–Trinajstić information content (AvgIpc) is 2.24. The Kier molecular flexibility index (Phi) is 7.00. The SMILES string of the molecule is CCCCOC(=O)C(CC(=O)O)=C(C)OC. The summed E-state index contributed by atoms with van der Waals surface area (Å²) in [6, 6.07) is 0. The van der Waals surface area contributed by atoms with Crippen molar-refractivity contribution < 1.29 is 24.2 Å². The van der Waals surface area contributed by atoms with E-state index in [0.717, 1.165) is 12.8 Å². The van der Waals surface area contributed by atoms with Gasteiger partial charge in [0.2, 0.25) is 0 Å². The lowest BCUT2D eigenvalue weighted by molar-refractivity contribution is -0.143. The molecule has 0 atom stereocenters. The molecule has 0 aliphatic heterocycles. The van der Waals surface area contributed by atoms with Crippen LogP contribution in [-0.4, -0.2) is 30.8 Å². The van der Waals surface area contributed by atoms with Crippen LogP contribution in [-0.2, 0) is 19.1 Å². The molecule has 0 amide bonds. The van der Waals surface area contributed by atoms with Gasteiger partial charge in [-0.25, -0.2) is 4.79 Å². The lowest BCUT2D eigenvalue weighted by Crippen LogP contribution is -2.14. The van der Waals surface area contributed by atoms with Crippen LogP contribution in [0.15, 0.2) is 11.3 Å². The van der Waals surface area contributed by atoms with E-state index in [4.69, 9.17) is 14.6 Å². The van der Waals surface area contributed by atoms with E-state index in [1.54, 1.807) is 6.92 Å². The lowest BCUT2D eigenvalue weighted by Gasteiger charge is -2.09. The molecule has 5 nitrogen and oxygen atoms in total. The molecule has 0 aromatic carbocycles. The molecular weight excluding hydrogens is 212 g/mol. The Bertz CT molecular complexity index is 280. The van der Waals surface area contributed by atoms with Crippen molar-refractivity contribution in [3.8, 4) is 0 Å². The quantitative estimate of drug-likeness (QED) is 0.312. The van der Waals surface area contributed by atoms with Crippen molar-refractivity contribution in [3.05, 3.63) is 11.3 Å². The minimum atomic E-state index is -1.08. The molecule has 0 aromatic heterocycles. The molecule has 0 unspecified atom stereocenters. The van der Waals surface area contributed by atoms with E-state index >= 15 is 0 Å². The molecular formula is C11H18O5. The van der Waals surface area contributed by atoms with Gasteiger partial charge in [0.15, 0.2) is 0 Å². The minimum absolute atomic E-state index is 0.0612. The maximum atomic E-state index is 11.5. The summed E-state index contributed by atoms with van der Waals surface area (Å²) in [6.45, 7) is 3.82. The van der Waals surface area contributed by atoms with Crippen LogP contribution in [0.3, 0.4) is 0 Å². The summed E-state index contributed by atoms with van der Waals surface area (Å²) < 4.78 is 9.78. The fourth-order valence-electron chi connectivity index (χ4n) is 1.01. The molecule has 0 saturated carbocycles. The van der Waals surface area contributed by atoms with Gasteiger partial charge >= 0.3 is 11.9 Å². The van der Waals surface area contributed by atoms with E-state index in [2.05, 4.69) is 0 Å². The predicted molar refractivity (Wildman–Crippen MR) is 57.8 cm³/mol. The Hall–Kier alpha value is -1.52. The van der Waals surface area contributed by atoms with E-state index in [0.29, 0.717) is 6.61 Å². The lowest BCUT2D eigenvalue weighted by atomic mass is 10.1. The van der Waals surface area contributed by atoms with Crippen LogP contribution in [0, 0.1) is 0 Å². The summed E-state index contributed by atoms with van der Waals surface area (Å²) in [5.74, 6) is -1.42. The van der Waals surface area contributed by atoms with Crippen LogP contribution in [0.4, 0.5) is 0 Å². The Morgan fingerprint density at radius 2 is 1.94 bits per heavy atom. The highest BCUT2D eigenvalue weighted by Gasteiger charge is 2.18. The number of carboxylic acids is 1. The maximum absolute atomic E-state index is 11.5. The predicted octanol–water partition coefficient (Wildman–Crippen LogP) is 1.72. The van der Waals surface area contributed by atoms with Crippen molar-refractivity contribution in [3.63, 3.8) is 0 Å². The van der Waals surface area contributed by atoms with E-state index in [9.17, 15) is 9.59 Å². The summed E-state index contributed by atoms with van der Waals surface area (Å²) in [5.41, 5.74) is 0.0612. The molecule has 0 aromatic rings. The molecule has 0 saturated heterocycles. The van der Waals surface area contributed by atoms with Crippen LogP contribution < -0.4 is 0 Å². The van der Waals surface area contributed by atoms with Crippen LogP contribution in [0.5, 0.6) is 0 Å². The van der Waals surface area contributed by atoms with Crippen LogP contribution in [0.2, 0.25) is 0 Å². The highest BCUT2D eigenvalue weighted by atomic mass is 16.5. The fourth-order valence-corrected chi connectivity index (χ4v) is 1.01. The second-order valence-corrected chi connectivity index (χ2v) is 3.30. The van der Waals surface area contributed by atoms with Crippen molar-refractivity contribution in [2.45, 2.75) is 33.1 Å². The molecule has 0 bridgehead atoms. The standard InChI is InChI=1S/C11H18O5/c1-4-5-6-16-11(14)9(7-10(12)13)8(2)15-3/h4-7H2,1-3H3,(H,12,13). The fraction of sp³-hybridized carbons (Fsp3) is 0.636. The van der Waals surface area contributed by atoms with Gasteiger partial charge in [0.05, 0.1) is 25.7 Å². The monoisotopic (exact) mass is 230 g/mol. The summed E-state index contributed by atoms with van der Waals surface area (Å²) in [6.07, 6.45) is 1.29. The average molecular weight is 230 g/mol. The number of aliphatic carboxylic acids is 1. The van der Waals surface area contributed by atoms with Crippen LogP contribution in [0.1, 0.15) is 33.1 Å². The smallest absolute Gasteiger partial charge is 0.338 e. The number of rotatable bonds is 7. The molecule has 92 valence electrons. The number of methoxy groups -OCH3 is 1. The Morgan fingerprint density at radius 1 is 1.31 bits per heavy atom. The van der Waals surface area contributed by atoms with E-state index in [1.165, 1.54) is 7.11 Å². The number of carbonyl (C=O) groups is 2. The molecule has 5 heteroatoms. The Morgan fingerprint density at radius 3 is 2.38 bits per heavy atom. The van der Waals surface area contributed by atoms with Gasteiger partial charge in [0, 0.05) is 0 Å². The highest BCUT2D eigenvalue weighted by molar-refractivity contribution is 5.93. The number of allylic oxidation sites excluding steroid dienone is 1. The molecule has 0 aliphatic rings. The third-order valence-corrected chi connectivity index (χ3v) is 2.04. The maximum Gasteiger partial charge on any atom is 0.338 e. The molecule has 0 aliphatic carbocycles. The first-order chi connectivity index (χ1) is 7.52. The van der Waals surface area contributed by atoms with Gasteiger partial charge in [-0.2, -0.15) is 0 Å². The van der Waals surface area contributed by atoms with Gasteiger partial charge in [-0.3, -0.25) is 4.79 Å². The van der Waals surface area contributed by atoms with Gasteiger partial charge in [-0.15, -0.1) is 0 Å². The second-order valence-electron chi connectivity index (χ2n) is 3.30. The van der Waals surface area contributed by atoms with Crippen LogP contribution in [0.25, 0.3) is 0 Å². The molecule has 0 radical (unpaired) electrons. The molecule has 0 rings (SSSR count). The molecule has 0 heterocycles. The number of carboxylic acid groups (broad SMARTS) is 1. The first-order valence-electron chi connectivity index (χ1n) is 5.15. The number of carbonyl (C=O) groups excluding carboxylic acids is 1. The molecule has 0 fully saturated rings. The number of hydrogen-bond donors (Lipinski definition) is 1. The van der Waals surface area contributed by atoms with Crippen molar-refractivity contribution in [2.24, 2.45) is 0 Å². The summed E-state index contributed by atoms with van der Waals surface area (Å²) in [4.78, 5) is 22.1. The first-order valence-corrected chi connectivity index (χ1v) is 5.15. The minimum Gasteiger partial charge on any atom is -0.501 e. The summed E-state index contributed by atoms with van der Waals surface area (Å²) >= 11 is 0. The largest absolute Gasteiger partial charge is 0.501 e. The van der Waals surface area contributed by atoms with Crippen molar-refractivity contribution in [1.82, 2.24) is 0 Å². The van der Waals surface area contributed by atoms with Crippen molar-refractivity contribution in [2.75, 3.05) is 13.7 Å². The Labute approximate surface area is 95.0 Å². The number of unbranched alkanes of at least 4 members (excludes halogenated alkanes) is 1. The topological polar surface area (TPSA) is 72.8 Å². The highest BCUT2D eigenvalue weighted by Crippen LogP contribution is 2.12. The van der Waals surface area contributed by atoms with Gasteiger partial charge in [0.25, 0.3) is 0 Å². The van der Waals surface area contributed by atoms with Gasteiger partial charge in [0.1, 0.15) is 5.76 Å². The zero-order valence-corrected chi connectivity index (χ0v) is 9.91.